The third-order valence-corrected chi connectivity index (χ3v) is 4.28. The molecule has 0 aliphatic carbocycles. The molecule has 1 aliphatic rings. The van der Waals surface area contributed by atoms with Crippen molar-refractivity contribution in [3.05, 3.63) is 29.8 Å². The van der Waals surface area contributed by atoms with Crippen LogP contribution in [0.4, 0.5) is 5.69 Å². The molecule has 1 unspecified atom stereocenters. The normalized spacial score (nSPS) is 15.3. The summed E-state index contributed by atoms with van der Waals surface area (Å²) in [6.07, 6.45) is 2.13. The van der Waals surface area contributed by atoms with Crippen molar-refractivity contribution in [2.45, 2.75) is 39.7 Å². The van der Waals surface area contributed by atoms with Crippen LogP contribution in [0.5, 0.6) is 0 Å². The molecule has 2 rings (SSSR count). The molecule has 1 aliphatic heterocycles. The number of hydrogen-bond acceptors (Lipinski definition) is 3. The van der Waals surface area contributed by atoms with E-state index in [0.29, 0.717) is 6.04 Å². The zero-order valence-electron chi connectivity index (χ0n) is 15.3. The SMILES string of the molecule is CCNC(=NCC(C)N1CCc2ccccc21)NCCCOCC. The van der Waals surface area contributed by atoms with Crippen molar-refractivity contribution < 1.29 is 4.74 Å². The molecule has 5 nitrogen and oxygen atoms in total. The third kappa shape index (κ3) is 5.41. The molecular formula is C19H32N4O. The van der Waals surface area contributed by atoms with Crippen molar-refractivity contribution in [3.63, 3.8) is 0 Å². The molecule has 0 radical (unpaired) electrons. The van der Waals surface area contributed by atoms with Gasteiger partial charge in [-0.25, -0.2) is 0 Å². The fourth-order valence-corrected chi connectivity index (χ4v) is 3.01. The molecule has 1 heterocycles. The largest absolute Gasteiger partial charge is 0.382 e. The number of hydrogen-bond donors (Lipinski definition) is 2. The quantitative estimate of drug-likeness (QED) is 0.414. The van der Waals surface area contributed by atoms with Gasteiger partial charge in [0.25, 0.3) is 0 Å². The van der Waals surface area contributed by atoms with E-state index >= 15 is 0 Å². The first-order valence-electron chi connectivity index (χ1n) is 9.20. The van der Waals surface area contributed by atoms with Gasteiger partial charge in [-0.2, -0.15) is 0 Å². The van der Waals surface area contributed by atoms with E-state index in [2.05, 4.69) is 53.6 Å². The number of nitrogens with zero attached hydrogens (tertiary/aromatic N) is 2. The summed E-state index contributed by atoms with van der Waals surface area (Å²) in [6, 6.07) is 9.10. The van der Waals surface area contributed by atoms with Gasteiger partial charge in [0.1, 0.15) is 0 Å². The van der Waals surface area contributed by atoms with E-state index < -0.39 is 0 Å². The van der Waals surface area contributed by atoms with E-state index in [1.807, 2.05) is 6.92 Å². The minimum absolute atomic E-state index is 0.396. The number of benzene rings is 1. The Balaban J connectivity index is 1.84. The van der Waals surface area contributed by atoms with E-state index in [0.717, 1.165) is 58.2 Å². The third-order valence-electron chi connectivity index (χ3n) is 4.28. The molecule has 1 aromatic carbocycles. The van der Waals surface area contributed by atoms with Gasteiger partial charge in [0.15, 0.2) is 5.96 Å². The van der Waals surface area contributed by atoms with Gasteiger partial charge < -0.3 is 20.3 Å². The highest BCUT2D eigenvalue weighted by Gasteiger charge is 2.22. The second-order valence-corrected chi connectivity index (χ2v) is 6.12. The monoisotopic (exact) mass is 332 g/mol. The molecule has 1 aromatic rings. The predicted octanol–water partition coefficient (Wildman–Crippen LogP) is 2.42. The Labute approximate surface area is 146 Å². The highest BCUT2D eigenvalue weighted by molar-refractivity contribution is 5.79. The molecule has 2 N–H and O–H groups in total. The zero-order chi connectivity index (χ0) is 17.2. The van der Waals surface area contributed by atoms with Crippen LogP contribution in [-0.2, 0) is 11.2 Å². The zero-order valence-corrected chi connectivity index (χ0v) is 15.3. The topological polar surface area (TPSA) is 48.9 Å². The lowest BCUT2D eigenvalue weighted by atomic mass is 10.2. The van der Waals surface area contributed by atoms with Crippen LogP contribution in [-0.4, -0.2) is 51.4 Å². The van der Waals surface area contributed by atoms with Crippen molar-refractivity contribution in [1.82, 2.24) is 10.6 Å². The Hall–Kier alpha value is -1.75. The Morgan fingerprint density at radius 3 is 2.92 bits per heavy atom. The minimum Gasteiger partial charge on any atom is -0.382 e. The molecule has 0 saturated heterocycles. The number of nitrogens with one attached hydrogen (secondary N) is 2. The molecule has 0 spiro atoms. The molecule has 24 heavy (non-hydrogen) atoms. The number of fused-ring (bicyclic) bond motifs is 1. The van der Waals surface area contributed by atoms with Crippen LogP contribution >= 0.6 is 0 Å². The summed E-state index contributed by atoms with van der Waals surface area (Å²) in [4.78, 5) is 7.23. The number of rotatable bonds is 9. The van der Waals surface area contributed by atoms with Crippen molar-refractivity contribution in [2.24, 2.45) is 4.99 Å². The fraction of sp³-hybridized carbons (Fsp3) is 0.632. The summed E-state index contributed by atoms with van der Waals surface area (Å²) < 4.78 is 5.37. The summed E-state index contributed by atoms with van der Waals surface area (Å²) in [5.41, 5.74) is 2.82. The first-order chi connectivity index (χ1) is 11.8. The van der Waals surface area contributed by atoms with Crippen LogP contribution in [0, 0.1) is 0 Å². The summed E-state index contributed by atoms with van der Waals surface area (Å²) in [5.74, 6) is 0.897. The van der Waals surface area contributed by atoms with Crippen molar-refractivity contribution in [3.8, 4) is 0 Å². The van der Waals surface area contributed by atoms with E-state index in [1.54, 1.807) is 0 Å². The second kappa shape index (κ2) is 10.2. The average Bonchev–Trinajstić information content (AvgIpc) is 3.03. The Morgan fingerprint density at radius 2 is 2.12 bits per heavy atom. The molecule has 5 heteroatoms. The first-order valence-corrected chi connectivity index (χ1v) is 9.20. The van der Waals surface area contributed by atoms with Crippen LogP contribution in [0.3, 0.4) is 0 Å². The summed E-state index contributed by atoms with van der Waals surface area (Å²) in [5, 5.41) is 6.70. The molecule has 0 bridgehead atoms. The Kier molecular flexibility index (Phi) is 7.89. The Bertz CT molecular complexity index is 518. The maximum atomic E-state index is 5.37. The molecule has 0 saturated carbocycles. The lowest BCUT2D eigenvalue weighted by Gasteiger charge is -2.26. The van der Waals surface area contributed by atoms with Gasteiger partial charge in [0, 0.05) is 44.6 Å². The smallest absolute Gasteiger partial charge is 0.191 e. The average molecular weight is 332 g/mol. The van der Waals surface area contributed by atoms with E-state index in [9.17, 15) is 0 Å². The van der Waals surface area contributed by atoms with Crippen molar-refractivity contribution >= 4 is 11.6 Å². The highest BCUT2D eigenvalue weighted by Crippen LogP contribution is 2.29. The minimum atomic E-state index is 0.396. The van der Waals surface area contributed by atoms with Gasteiger partial charge in [-0.15, -0.1) is 0 Å². The van der Waals surface area contributed by atoms with E-state index in [-0.39, 0.29) is 0 Å². The molecule has 0 fully saturated rings. The lowest BCUT2D eigenvalue weighted by Crippen LogP contribution is -2.40. The van der Waals surface area contributed by atoms with Gasteiger partial charge in [-0.05, 0) is 45.2 Å². The maximum Gasteiger partial charge on any atom is 0.191 e. The fourth-order valence-electron chi connectivity index (χ4n) is 3.01. The van der Waals surface area contributed by atoms with Crippen LogP contribution in [0.1, 0.15) is 32.8 Å². The second-order valence-electron chi connectivity index (χ2n) is 6.12. The number of aliphatic imine (C=N–C) groups is 1. The van der Waals surface area contributed by atoms with Gasteiger partial charge >= 0.3 is 0 Å². The van der Waals surface area contributed by atoms with Crippen LogP contribution in [0.15, 0.2) is 29.3 Å². The van der Waals surface area contributed by atoms with Crippen molar-refractivity contribution in [2.75, 3.05) is 44.3 Å². The van der Waals surface area contributed by atoms with E-state index in [4.69, 9.17) is 9.73 Å². The van der Waals surface area contributed by atoms with Crippen LogP contribution < -0.4 is 15.5 Å². The number of anilines is 1. The molecule has 0 aromatic heterocycles. The standard InChI is InChI=1S/C19H32N4O/c1-4-20-19(21-12-8-14-24-5-2)22-15-16(3)23-13-11-17-9-6-7-10-18(17)23/h6-7,9-10,16H,4-5,8,11-15H2,1-3H3,(H2,20,21,22). The van der Waals surface area contributed by atoms with Crippen LogP contribution in [0.2, 0.25) is 0 Å². The molecule has 0 amide bonds. The Morgan fingerprint density at radius 1 is 1.29 bits per heavy atom. The lowest BCUT2D eigenvalue weighted by molar-refractivity contribution is 0.145. The van der Waals surface area contributed by atoms with Gasteiger partial charge in [-0.3, -0.25) is 4.99 Å². The predicted molar refractivity (Wildman–Crippen MR) is 102 cm³/mol. The summed E-state index contributed by atoms with van der Waals surface area (Å²) in [6.45, 7) is 11.6. The molecular weight excluding hydrogens is 300 g/mol. The van der Waals surface area contributed by atoms with Gasteiger partial charge in [-0.1, -0.05) is 18.2 Å². The maximum absolute atomic E-state index is 5.37. The number of ether oxygens (including phenoxy) is 1. The number of guanidine groups is 1. The van der Waals surface area contributed by atoms with Gasteiger partial charge in [0.2, 0.25) is 0 Å². The first kappa shape index (κ1) is 18.6. The van der Waals surface area contributed by atoms with Gasteiger partial charge in [0.05, 0.1) is 6.54 Å². The number of para-hydroxylation sites is 1. The van der Waals surface area contributed by atoms with Crippen LogP contribution in [0.25, 0.3) is 0 Å². The molecule has 1 atom stereocenters. The summed E-state index contributed by atoms with van der Waals surface area (Å²) >= 11 is 0. The van der Waals surface area contributed by atoms with Crippen molar-refractivity contribution in [1.29, 1.82) is 0 Å². The van der Waals surface area contributed by atoms with E-state index in [1.165, 1.54) is 11.3 Å². The highest BCUT2D eigenvalue weighted by atomic mass is 16.5. The summed E-state index contributed by atoms with van der Waals surface area (Å²) in [7, 11) is 0. The molecule has 134 valence electrons.